The summed E-state index contributed by atoms with van der Waals surface area (Å²) in [6.45, 7) is 2.38. The molecule has 0 fully saturated rings. The standard InChI is InChI=1S/C16H26N2O3/c1-20-12-13-21-11-5-10-18-16(19)15(17)9-8-14-6-3-2-4-7-14/h2-4,6-7,15H,5,8-13,17H2,1H3,(H,18,19)/t15-/m0/s1. The zero-order valence-corrected chi connectivity index (χ0v) is 12.7. The molecule has 1 rings (SSSR count). The molecule has 0 saturated carbocycles. The second-order valence-electron chi connectivity index (χ2n) is 4.88. The quantitative estimate of drug-likeness (QED) is 0.600. The van der Waals surface area contributed by atoms with Crippen molar-refractivity contribution in [3.05, 3.63) is 35.9 Å². The van der Waals surface area contributed by atoms with Gasteiger partial charge in [0.2, 0.25) is 5.91 Å². The number of benzene rings is 1. The number of carbonyl (C=O) groups excluding carboxylic acids is 1. The van der Waals surface area contributed by atoms with Crippen molar-refractivity contribution in [1.29, 1.82) is 0 Å². The number of carbonyl (C=O) groups is 1. The minimum Gasteiger partial charge on any atom is -0.382 e. The first-order chi connectivity index (χ1) is 10.2. The summed E-state index contributed by atoms with van der Waals surface area (Å²) in [5, 5.41) is 2.83. The maximum absolute atomic E-state index is 11.8. The van der Waals surface area contributed by atoms with Gasteiger partial charge in [0.25, 0.3) is 0 Å². The molecular weight excluding hydrogens is 268 g/mol. The molecule has 1 aromatic carbocycles. The average Bonchev–Trinajstić information content (AvgIpc) is 2.52. The maximum atomic E-state index is 11.8. The van der Waals surface area contributed by atoms with E-state index in [0.29, 0.717) is 32.8 Å². The highest BCUT2D eigenvalue weighted by molar-refractivity contribution is 5.81. The molecule has 3 N–H and O–H groups in total. The SMILES string of the molecule is COCCOCCCNC(=O)[C@@H](N)CCc1ccccc1. The van der Waals surface area contributed by atoms with Gasteiger partial charge >= 0.3 is 0 Å². The van der Waals surface area contributed by atoms with Crippen LogP contribution in [0, 0.1) is 0 Å². The molecule has 1 aromatic rings. The number of hydrogen-bond acceptors (Lipinski definition) is 4. The summed E-state index contributed by atoms with van der Waals surface area (Å²) >= 11 is 0. The van der Waals surface area contributed by atoms with Crippen LogP contribution in [-0.2, 0) is 20.7 Å². The molecule has 5 heteroatoms. The number of methoxy groups -OCH3 is 1. The van der Waals surface area contributed by atoms with Crippen molar-refractivity contribution in [3.8, 4) is 0 Å². The third kappa shape index (κ3) is 8.45. The van der Waals surface area contributed by atoms with Crippen molar-refractivity contribution in [3.63, 3.8) is 0 Å². The van der Waals surface area contributed by atoms with Gasteiger partial charge in [0.05, 0.1) is 19.3 Å². The highest BCUT2D eigenvalue weighted by atomic mass is 16.5. The van der Waals surface area contributed by atoms with Gasteiger partial charge in [-0.15, -0.1) is 0 Å². The normalized spacial score (nSPS) is 12.1. The smallest absolute Gasteiger partial charge is 0.236 e. The van der Waals surface area contributed by atoms with Gasteiger partial charge in [0, 0.05) is 20.3 Å². The van der Waals surface area contributed by atoms with Crippen LogP contribution in [-0.4, -0.2) is 45.4 Å². The lowest BCUT2D eigenvalue weighted by molar-refractivity contribution is -0.122. The Balaban J connectivity index is 2.06. The summed E-state index contributed by atoms with van der Waals surface area (Å²) in [7, 11) is 1.64. The van der Waals surface area contributed by atoms with E-state index in [-0.39, 0.29) is 5.91 Å². The molecule has 1 atom stereocenters. The van der Waals surface area contributed by atoms with Crippen molar-refractivity contribution >= 4 is 5.91 Å². The highest BCUT2D eigenvalue weighted by Crippen LogP contribution is 2.04. The lowest BCUT2D eigenvalue weighted by atomic mass is 10.1. The summed E-state index contributed by atoms with van der Waals surface area (Å²) in [5.74, 6) is -0.0946. The third-order valence-electron chi connectivity index (χ3n) is 3.12. The Morgan fingerprint density at radius 2 is 2.00 bits per heavy atom. The van der Waals surface area contributed by atoms with Gasteiger partial charge in [-0.25, -0.2) is 0 Å². The fourth-order valence-corrected chi connectivity index (χ4v) is 1.86. The van der Waals surface area contributed by atoms with Crippen LogP contribution in [0.2, 0.25) is 0 Å². The fourth-order valence-electron chi connectivity index (χ4n) is 1.86. The highest BCUT2D eigenvalue weighted by Gasteiger charge is 2.12. The van der Waals surface area contributed by atoms with Gasteiger partial charge in [-0.3, -0.25) is 4.79 Å². The fraction of sp³-hybridized carbons (Fsp3) is 0.562. The van der Waals surface area contributed by atoms with Gasteiger partial charge in [-0.05, 0) is 24.8 Å². The van der Waals surface area contributed by atoms with Gasteiger partial charge in [-0.1, -0.05) is 30.3 Å². The molecule has 21 heavy (non-hydrogen) atoms. The van der Waals surface area contributed by atoms with Crippen molar-refractivity contribution in [2.75, 3.05) is 33.5 Å². The van der Waals surface area contributed by atoms with Gasteiger partial charge < -0.3 is 20.5 Å². The van der Waals surface area contributed by atoms with Crippen LogP contribution in [0.15, 0.2) is 30.3 Å². The minimum absolute atomic E-state index is 0.0946. The second-order valence-corrected chi connectivity index (χ2v) is 4.88. The Bertz CT molecular complexity index is 384. The van der Waals surface area contributed by atoms with Crippen molar-refractivity contribution in [2.24, 2.45) is 5.73 Å². The van der Waals surface area contributed by atoms with E-state index in [9.17, 15) is 4.79 Å². The summed E-state index contributed by atoms with van der Waals surface area (Å²) in [6.07, 6.45) is 2.25. The lowest BCUT2D eigenvalue weighted by Gasteiger charge is -2.12. The van der Waals surface area contributed by atoms with Gasteiger partial charge in [0.15, 0.2) is 0 Å². The third-order valence-corrected chi connectivity index (χ3v) is 3.12. The molecule has 0 aliphatic carbocycles. The second kappa shape index (κ2) is 11.3. The topological polar surface area (TPSA) is 73.6 Å². The molecule has 0 radical (unpaired) electrons. The van der Waals surface area contributed by atoms with E-state index in [1.807, 2.05) is 30.3 Å². The van der Waals surface area contributed by atoms with E-state index in [1.54, 1.807) is 7.11 Å². The van der Waals surface area contributed by atoms with Crippen LogP contribution in [0.3, 0.4) is 0 Å². The zero-order chi connectivity index (χ0) is 15.3. The molecule has 1 amide bonds. The lowest BCUT2D eigenvalue weighted by Crippen LogP contribution is -2.41. The number of ether oxygens (including phenoxy) is 2. The van der Waals surface area contributed by atoms with E-state index in [2.05, 4.69) is 5.32 Å². The van der Waals surface area contributed by atoms with E-state index in [4.69, 9.17) is 15.2 Å². The Morgan fingerprint density at radius 3 is 2.71 bits per heavy atom. The summed E-state index contributed by atoms with van der Waals surface area (Å²) in [6, 6.07) is 9.59. The summed E-state index contributed by atoms with van der Waals surface area (Å²) in [5.41, 5.74) is 7.09. The number of rotatable bonds is 11. The first kappa shape index (κ1) is 17.6. The van der Waals surface area contributed by atoms with Crippen LogP contribution >= 0.6 is 0 Å². The van der Waals surface area contributed by atoms with Gasteiger partial charge in [-0.2, -0.15) is 0 Å². The predicted molar refractivity (Wildman–Crippen MR) is 83.1 cm³/mol. The number of nitrogens with two attached hydrogens (primary N) is 1. The molecule has 0 bridgehead atoms. The molecule has 0 unspecified atom stereocenters. The molecule has 0 spiro atoms. The molecule has 0 heterocycles. The number of amides is 1. The van der Waals surface area contributed by atoms with Gasteiger partial charge in [0.1, 0.15) is 0 Å². The predicted octanol–water partition coefficient (Wildman–Crippen LogP) is 1.12. The molecule has 0 aromatic heterocycles. The molecule has 5 nitrogen and oxygen atoms in total. The first-order valence-corrected chi connectivity index (χ1v) is 7.38. The number of nitrogens with one attached hydrogen (secondary N) is 1. The van der Waals surface area contributed by atoms with Crippen molar-refractivity contribution in [2.45, 2.75) is 25.3 Å². The van der Waals surface area contributed by atoms with E-state index in [0.717, 1.165) is 12.8 Å². The molecule has 0 aliphatic rings. The summed E-state index contributed by atoms with van der Waals surface area (Å²) < 4.78 is 10.2. The van der Waals surface area contributed by atoms with Crippen LogP contribution in [0.1, 0.15) is 18.4 Å². The largest absolute Gasteiger partial charge is 0.382 e. The average molecular weight is 294 g/mol. The minimum atomic E-state index is -0.459. The number of aryl methyl sites for hydroxylation is 1. The summed E-state index contributed by atoms with van der Waals surface area (Å²) in [4.78, 5) is 11.8. The Kier molecular flexibility index (Phi) is 9.44. The van der Waals surface area contributed by atoms with Crippen molar-refractivity contribution in [1.82, 2.24) is 5.32 Å². The number of hydrogen-bond donors (Lipinski definition) is 2. The molecule has 118 valence electrons. The Hall–Kier alpha value is -1.43. The monoisotopic (exact) mass is 294 g/mol. The maximum Gasteiger partial charge on any atom is 0.236 e. The first-order valence-electron chi connectivity index (χ1n) is 7.38. The van der Waals surface area contributed by atoms with Crippen LogP contribution < -0.4 is 11.1 Å². The van der Waals surface area contributed by atoms with E-state index < -0.39 is 6.04 Å². The van der Waals surface area contributed by atoms with E-state index >= 15 is 0 Å². The molecular formula is C16H26N2O3. The van der Waals surface area contributed by atoms with E-state index in [1.165, 1.54) is 5.56 Å². The Labute approximate surface area is 126 Å². The van der Waals surface area contributed by atoms with Crippen LogP contribution in [0.25, 0.3) is 0 Å². The Morgan fingerprint density at radius 1 is 1.24 bits per heavy atom. The van der Waals surface area contributed by atoms with Crippen LogP contribution in [0.4, 0.5) is 0 Å². The van der Waals surface area contributed by atoms with Crippen LogP contribution in [0.5, 0.6) is 0 Å². The molecule has 0 aliphatic heterocycles. The zero-order valence-electron chi connectivity index (χ0n) is 12.7. The molecule has 0 saturated heterocycles. The van der Waals surface area contributed by atoms with Crippen molar-refractivity contribution < 1.29 is 14.3 Å².